The Morgan fingerprint density at radius 1 is 1.15 bits per heavy atom. The molecule has 1 aromatic carbocycles. The summed E-state index contributed by atoms with van der Waals surface area (Å²) in [6.07, 6.45) is 4.13. The van der Waals surface area contributed by atoms with Gasteiger partial charge in [-0.3, -0.25) is 4.79 Å². The number of rotatable bonds is 5. The molecule has 7 nitrogen and oxygen atoms in total. The summed E-state index contributed by atoms with van der Waals surface area (Å²) in [5.74, 6) is 0.859. The van der Waals surface area contributed by atoms with E-state index >= 15 is 0 Å². The van der Waals surface area contributed by atoms with Gasteiger partial charge in [-0.1, -0.05) is 24.1 Å². The number of carbonyl (C=O) groups is 2. The van der Waals surface area contributed by atoms with Crippen molar-refractivity contribution in [3.05, 3.63) is 41.3 Å². The lowest BCUT2D eigenvalue weighted by Gasteiger charge is -2.14. The molecule has 3 N–H and O–H groups in total. The molecule has 0 atom stereocenters. The summed E-state index contributed by atoms with van der Waals surface area (Å²) in [6, 6.07) is 6.88. The van der Waals surface area contributed by atoms with Gasteiger partial charge in [0.15, 0.2) is 0 Å². The van der Waals surface area contributed by atoms with Crippen molar-refractivity contribution in [2.24, 2.45) is 5.92 Å². The molecule has 138 valence electrons. The minimum absolute atomic E-state index is 0.0635. The molecule has 0 bridgehead atoms. The second-order valence-electron chi connectivity index (χ2n) is 6.74. The van der Waals surface area contributed by atoms with Gasteiger partial charge in [-0.15, -0.1) is 0 Å². The summed E-state index contributed by atoms with van der Waals surface area (Å²) < 4.78 is 4.96. The number of urea groups is 1. The predicted octanol–water partition coefficient (Wildman–Crippen LogP) is 3.74. The highest BCUT2D eigenvalue weighted by atomic mass is 16.5. The fraction of sp³-hybridized carbons (Fsp3) is 0.421. The molecule has 3 rings (SSSR count). The van der Waals surface area contributed by atoms with Gasteiger partial charge in [-0.05, 0) is 44.4 Å². The van der Waals surface area contributed by atoms with Gasteiger partial charge in [0.25, 0.3) is 0 Å². The van der Waals surface area contributed by atoms with Crippen LogP contribution in [-0.4, -0.2) is 17.1 Å². The zero-order valence-electron chi connectivity index (χ0n) is 15.1. The Kier molecular flexibility index (Phi) is 5.55. The molecular weight excluding hydrogens is 332 g/mol. The van der Waals surface area contributed by atoms with Crippen molar-refractivity contribution in [1.29, 1.82) is 0 Å². The lowest BCUT2D eigenvalue weighted by Crippen LogP contribution is -2.28. The molecule has 7 heteroatoms. The SMILES string of the molecule is Cc1cc(CNC(=O)Nc2ccc(C)c(NC(=O)C3CCCC3)c2)no1. The predicted molar refractivity (Wildman–Crippen MR) is 98.9 cm³/mol. The van der Waals surface area contributed by atoms with Crippen molar-refractivity contribution in [3.63, 3.8) is 0 Å². The number of carbonyl (C=O) groups excluding carboxylic acids is 2. The normalized spacial score (nSPS) is 14.2. The first-order valence-corrected chi connectivity index (χ1v) is 8.90. The van der Waals surface area contributed by atoms with Crippen LogP contribution in [0.5, 0.6) is 0 Å². The van der Waals surface area contributed by atoms with E-state index in [1.54, 1.807) is 25.1 Å². The van der Waals surface area contributed by atoms with Crippen LogP contribution in [0.4, 0.5) is 16.2 Å². The number of amides is 3. The summed E-state index contributed by atoms with van der Waals surface area (Å²) in [7, 11) is 0. The van der Waals surface area contributed by atoms with Crippen LogP contribution < -0.4 is 16.0 Å². The lowest BCUT2D eigenvalue weighted by atomic mass is 10.1. The van der Waals surface area contributed by atoms with Crippen molar-refractivity contribution in [2.45, 2.75) is 46.1 Å². The largest absolute Gasteiger partial charge is 0.361 e. The van der Waals surface area contributed by atoms with Crippen molar-refractivity contribution in [1.82, 2.24) is 10.5 Å². The molecule has 1 saturated carbocycles. The van der Waals surface area contributed by atoms with Crippen LogP contribution >= 0.6 is 0 Å². The number of benzene rings is 1. The van der Waals surface area contributed by atoms with Crippen LogP contribution in [0, 0.1) is 19.8 Å². The number of aryl methyl sites for hydroxylation is 2. The Balaban J connectivity index is 1.57. The molecule has 0 aliphatic heterocycles. The second kappa shape index (κ2) is 8.03. The molecule has 3 amide bonds. The Labute approximate surface area is 152 Å². The van der Waals surface area contributed by atoms with Crippen LogP contribution in [0.3, 0.4) is 0 Å². The fourth-order valence-electron chi connectivity index (χ4n) is 3.10. The van der Waals surface area contributed by atoms with Crippen molar-refractivity contribution in [2.75, 3.05) is 10.6 Å². The Morgan fingerprint density at radius 2 is 1.92 bits per heavy atom. The zero-order chi connectivity index (χ0) is 18.5. The van der Waals surface area contributed by atoms with Crippen molar-refractivity contribution < 1.29 is 14.1 Å². The van der Waals surface area contributed by atoms with E-state index < -0.39 is 0 Å². The molecule has 1 aliphatic carbocycles. The van der Waals surface area contributed by atoms with Gasteiger partial charge in [0.1, 0.15) is 11.5 Å². The molecule has 26 heavy (non-hydrogen) atoms. The molecule has 1 aliphatic rings. The van der Waals surface area contributed by atoms with Crippen LogP contribution in [-0.2, 0) is 11.3 Å². The second-order valence-corrected chi connectivity index (χ2v) is 6.74. The highest BCUT2D eigenvalue weighted by Gasteiger charge is 2.23. The first-order valence-electron chi connectivity index (χ1n) is 8.90. The van der Waals surface area contributed by atoms with Crippen molar-refractivity contribution in [3.8, 4) is 0 Å². The van der Waals surface area contributed by atoms with E-state index in [1.807, 2.05) is 13.0 Å². The summed E-state index contributed by atoms with van der Waals surface area (Å²) >= 11 is 0. The average Bonchev–Trinajstić information content (AvgIpc) is 3.28. The summed E-state index contributed by atoms with van der Waals surface area (Å²) in [5.41, 5.74) is 2.96. The third kappa shape index (κ3) is 4.62. The van der Waals surface area contributed by atoms with Gasteiger partial charge in [-0.25, -0.2) is 4.79 Å². The highest BCUT2D eigenvalue weighted by molar-refractivity contribution is 5.95. The number of nitrogens with one attached hydrogen (secondary N) is 3. The first-order chi connectivity index (χ1) is 12.5. The van der Waals surface area contributed by atoms with Gasteiger partial charge in [0.2, 0.25) is 5.91 Å². The fourth-order valence-corrected chi connectivity index (χ4v) is 3.10. The minimum Gasteiger partial charge on any atom is -0.361 e. The van der Waals surface area contributed by atoms with Crippen LogP contribution in [0.2, 0.25) is 0 Å². The molecule has 0 unspecified atom stereocenters. The molecule has 1 aromatic heterocycles. The summed E-state index contributed by atoms with van der Waals surface area (Å²) in [5, 5.41) is 12.3. The number of hydrogen-bond donors (Lipinski definition) is 3. The molecule has 0 radical (unpaired) electrons. The Bertz CT molecular complexity index is 794. The van der Waals surface area contributed by atoms with Gasteiger partial charge < -0.3 is 20.5 Å². The van der Waals surface area contributed by atoms with Gasteiger partial charge in [0.05, 0.1) is 6.54 Å². The monoisotopic (exact) mass is 356 g/mol. The van der Waals surface area contributed by atoms with E-state index in [9.17, 15) is 9.59 Å². The summed E-state index contributed by atoms with van der Waals surface area (Å²) in [4.78, 5) is 24.4. The van der Waals surface area contributed by atoms with Gasteiger partial charge >= 0.3 is 6.03 Å². The van der Waals surface area contributed by atoms with E-state index in [-0.39, 0.29) is 24.4 Å². The maximum Gasteiger partial charge on any atom is 0.319 e. The van der Waals surface area contributed by atoms with Crippen LogP contribution in [0.25, 0.3) is 0 Å². The number of anilines is 2. The quantitative estimate of drug-likeness (QED) is 0.760. The van der Waals surface area contributed by atoms with Crippen molar-refractivity contribution >= 4 is 23.3 Å². The number of hydrogen-bond acceptors (Lipinski definition) is 4. The highest BCUT2D eigenvalue weighted by Crippen LogP contribution is 2.27. The van der Waals surface area contributed by atoms with Crippen LogP contribution in [0.15, 0.2) is 28.8 Å². The molecular formula is C19H24N4O3. The Hall–Kier alpha value is -2.83. The molecule has 2 aromatic rings. The third-order valence-corrected chi connectivity index (χ3v) is 4.59. The Morgan fingerprint density at radius 3 is 2.62 bits per heavy atom. The van der Waals surface area contributed by atoms with Gasteiger partial charge in [-0.2, -0.15) is 0 Å². The number of nitrogens with zero attached hydrogens (tertiary/aromatic N) is 1. The van der Waals surface area contributed by atoms with E-state index in [0.29, 0.717) is 17.1 Å². The minimum atomic E-state index is -0.345. The zero-order valence-corrected chi connectivity index (χ0v) is 15.1. The number of aromatic nitrogens is 1. The van der Waals surface area contributed by atoms with E-state index in [1.165, 1.54) is 0 Å². The van der Waals surface area contributed by atoms with E-state index in [4.69, 9.17) is 4.52 Å². The molecule has 1 fully saturated rings. The van der Waals surface area contributed by atoms with E-state index in [2.05, 4.69) is 21.1 Å². The molecule has 1 heterocycles. The summed E-state index contributed by atoms with van der Waals surface area (Å²) in [6.45, 7) is 4.01. The topological polar surface area (TPSA) is 96.3 Å². The third-order valence-electron chi connectivity index (χ3n) is 4.59. The van der Waals surface area contributed by atoms with Gasteiger partial charge in [0, 0.05) is 23.4 Å². The molecule has 0 spiro atoms. The average molecular weight is 356 g/mol. The standard InChI is InChI=1S/C19H24N4O3/c1-12-7-8-15(10-17(12)22-18(24)14-5-3-4-6-14)21-19(25)20-11-16-9-13(2)26-23-16/h7-10,14H,3-6,11H2,1-2H3,(H,22,24)(H2,20,21,25). The van der Waals surface area contributed by atoms with E-state index in [0.717, 1.165) is 36.9 Å². The van der Waals surface area contributed by atoms with Crippen LogP contribution in [0.1, 0.15) is 42.7 Å². The lowest BCUT2D eigenvalue weighted by molar-refractivity contribution is -0.119. The maximum atomic E-state index is 12.3. The molecule has 0 saturated heterocycles. The first kappa shape index (κ1) is 18.0. The smallest absolute Gasteiger partial charge is 0.319 e. The maximum absolute atomic E-state index is 12.3.